The lowest BCUT2D eigenvalue weighted by molar-refractivity contribution is 0.0714. The maximum Gasteiger partial charge on any atom is 0.289 e. The van der Waals surface area contributed by atoms with Crippen LogP contribution in [0.15, 0.2) is 35.2 Å². The van der Waals surface area contributed by atoms with Gasteiger partial charge in [0, 0.05) is 32.2 Å². The van der Waals surface area contributed by atoms with Gasteiger partial charge in [-0.1, -0.05) is 0 Å². The number of carbonyl (C=O) groups is 2. The van der Waals surface area contributed by atoms with Gasteiger partial charge in [-0.05, 0) is 26.0 Å². The van der Waals surface area contributed by atoms with E-state index in [1.54, 1.807) is 23.2 Å². The number of aromatic nitrogens is 2. The van der Waals surface area contributed by atoms with Crippen molar-refractivity contribution >= 4 is 17.6 Å². The van der Waals surface area contributed by atoms with Crippen molar-refractivity contribution in [3.63, 3.8) is 0 Å². The molecule has 0 unspecified atom stereocenters. The first-order valence-electron chi connectivity index (χ1n) is 8.25. The highest BCUT2D eigenvalue weighted by Gasteiger charge is 2.24. The summed E-state index contributed by atoms with van der Waals surface area (Å²) in [7, 11) is 0. The molecule has 0 aromatic carbocycles. The third-order valence-electron chi connectivity index (χ3n) is 3.91. The largest absolute Gasteiger partial charge is 0.459 e. The number of hydrogen-bond acceptors (Lipinski definition) is 6. The molecule has 1 N–H and O–H groups in total. The summed E-state index contributed by atoms with van der Waals surface area (Å²) in [4.78, 5) is 36.5. The number of piperazine rings is 1. The van der Waals surface area contributed by atoms with Crippen molar-refractivity contribution in [3.05, 3.63) is 42.2 Å². The molecule has 0 saturated carbocycles. The average Bonchev–Trinajstić information content (AvgIpc) is 3.15. The monoisotopic (exact) mass is 343 g/mol. The Bertz CT molecular complexity index is 719. The van der Waals surface area contributed by atoms with E-state index in [1.807, 2.05) is 18.7 Å². The van der Waals surface area contributed by atoms with Gasteiger partial charge in [-0.15, -0.1) is 0 Å². The second-order valence-electron chi connectivity index (χ2n) is 6.14. The van der Waals surface area contributed by atoms with Crippen LogP contribution in [0.5, 0.6) is 0 Å². The summed E-state index contributed by atoms with van der Waals surface area (Å²) >= 11 is 0. The quantitative estimate of drug-likeness (QED) is 0.896. The van der Waals surface area contributed by atoms with E-state index in [0.29, 0.717) is 43.5 Å². The molecule has 0 bridgehead atoms. The SMILES string of the molecule is CC(C)NC(=O)c1cnc(N2CCN(C(=O)c3ccco3)CC2)cn1. The molecule has 1 aliphatic heterocycles. The Balaban J connectivity index is 1.58. The van der Waals surface area contributed by atoms with Gasteiger partial charge in [0.25, 0.3) is 11.8 Å². The van der Waals surface area contributed by atoms with Crippen LogP contribution in [0.2, 0.25) is 0 Å². The Morgan fingerprint density at radius 3 is 2.48 bits per heavy atom. The molecule has 8 heteroatoms. The molecule has 3 rings (SSSR count). The maximum absolute atomic E-state index is 12.3. The van der Waals surface area contributed by atoms with Crippen molar-refractivity contribution in [3.8, 4) is 0 Å². The fraction of sp³-hybridized carbons (Fsp3) is 0.412. The Morgan fingerprint density at radius 1 is 1.16 bits per heavy atom. The van der Waals surface area contributed by atoms with Crippen molar-refractivity contribution in [2.45, 2.75) is 19.9 Å². The van der Waals surface area contributed by atoms with Crippen molar-refractivity contribution < 1.29 is 14.0 Å². The van der Waals surface area contributed by atoms with Gasteiger partial charge >= 0.3 is 0 Å². The topological polar surface area (TPSA) is 91.6 Å². The van der Waals surface area contributed by atoms with Crippen LogP contribution < -0.4 is 10.2 Å². The Morgan fingerprint density at radius 2 is 1.92 bits per heavy atom. The molecule has 132 valence electrons. The first kappa shape index (κ1) is 16.9. The molecule has 8 nitrogen and oxygen atoms in total. The number of amides is 2. The lowest BCUT2D eigenvalue weighted by Crippen LogP contribution is -2.49. The van der Waals surface area contributed by atoms with E-state index in [1.165, 1.54) is 12.5 Å². The van der Waals surface area contributed by atoms with Crippen molar-refractivity contribution in [2.75, 3.05) is 31.1 Å². The van der Waals surface area contributed by atoms with E-state index >= 15 is 0 Å². The lowest BCUT2D eigenvalue weighted by Gasteiger charge is -2.34. The van der Waals surface area contributed by atoms with Crippen LogP contribution >= 0.6 is 0 Å². The Kier molecular flexibility index (Phi) is 4.97. The molecular weight excluding hydrogens is 322 g/mol. The molecule has 2 amide bonds. The van der Waals surface area contributed by atoms with Gasteiger partial charge in [-0.2, -0.15) is 0 Å². The number of rotatable bonds is 4. The standard InChI is InChI=1S/C17H21N5O3/c1-12(2)20-16(23)13-10-19-15(11-18-13)21-5-7-22(8-6-21)17(24)14-4-3-9-25-14/h3-4,9-12H,5-8H2,1-2H3,(H,20,23). The van der Waals surface area contributed by atoms with Crippen LogP contribution in [0.1, 0.15) is 34.9 Å². The van der Waals surface area contributed by atoms with Gasteiger partial charge in [0.05, 0.1) is 18.7 Å². The highest BCUT2D eigenvalue weighted by atomic mass is 16.3. The third kappa shape index (κ3) is 3.96. The number of furan rings is 1. The molecule has 2 aromatic rings. The Hall–Kier alpha value is -2.90. The van der Waals surface area contributed by atoms with Crippen molar-refractivity contribution in [1.29, 1.82) is 0 Å². The molecule has 1 aliphatic rings. The summed E-state index contributed by atoms with van der Waals surface area (Å²) in [6.07, 6.45) is 4.57. The number of carbonyl (C=O) groups excluding carboxylic acids is 2. The number of nitrogens with one attached hydrogen (secondary N) is 1. The fourth-order valence-corrected chi connectivity index (χ4v) is 2.63. The molecule has 3 heterocycles. The minimum atomic E-state index is -0.233. The van der Waals surface area contributed by atoms with Crippen molar-refractivity contribution in [1.82, 2.24) is 20.2 Å². The Labute approximate surface area is 145 Å². The summed E-state index contributed by atoms with van der Waals surface area (Å²) in [5.41, 5.74) is 0.295. The van der Waals surface area contributed by atoms with Gasteiger partial charge in [0.1, 0.15) is 11.5 Å². The van der Waals surface area contributed by atoms with Gasteiger partial charge in [-0.3, -0.25) is 9.59 Å². The smallest absolute Gasteiger partial charge is 0.289 e. The molecular formula is C17H21N5O3. The first-order chi connectivity index (χ1) is 12.0. The normalized spacial score (nSPS) is 14.7. The molecule has 0 spiro atoms. The molecule has 0 radical (unpaired) electrons. The van der Waals surface area contributed by atoms with Crippen LogP contribution in [-0.2, 0) is 0 Å². The zero-order valence-corrected chi connectivity index (χ0v) is 14.3. The maximum atomic E-state index is 12.3. The van der Waals surface area contributed by atoms with E-state index in [0.717, 1.165) is 0 Å². The van der Waals surface area contributed by atoms with E-state index < -0.39 is 0 Å². The minimum Gasteiger partial charge on any atom is -0.459 e. The van der Waals surface area contributed by atoms with E-state index in [4.69, 9.17) is 4.42 Å². The first-order valence-corrected chi connectivity index (χ1v) is 8.25. The highest BCUT2D eigenvalue weighted by molar-refractivity contribution is 5.92. The van der Waals surface area contributed by atoms with Crippen LogP contribution in [0.25, 0.3) is 0 Å². The molecule has 1 fully saturated rings. The number of anilines is 1. The summed E-state index contributed by atoms with van der Waals surface area (Å²) in [6.45, 7) is 6.25. The van der Waals surface area contributed by atoms with Crippen LogP contribution in [0.3, 0.4) is 0 Å². The van der Waals surface area contributed by atoms with Crippen LogP contribution in [0, 0.1) is 0 Å². The van der Waals surface area contributed by atoms with Gasteiger partial charge in [-0.25, -0.2) is 9.97 Å². The van der Waals surface area contributed by atoms with Gasteiger partial charge in [0.15, 0.2) is 5.76 Å². The molecule has 2 aromatic heterocycles. The van der Waals surface area contributed by atoms with Crippen LogP contribution in [0.4, 0.5) is 5.82 Å². The van der Waals surface area contributed by atoms with E-state index in [9.17, 15) is 9.59 Å². The van der Waals surface area contributed by atoms with E-state index in [-0.39, 0.29) is 17.9 Å². The molecule has 0 atom stereocenters. The molecule has 1 saturated heterocycles. The average molecular weight is 343 g/mol. The second-order valence-corrected chi connectivity index (χ2v) is 6.14. The predicted octanol–water partition coefficient (Wildman–Crippen LogP) is 1.17. The number of hydrogen-bond donors (Lipinski definition) is 1. The van der Waals surface area contributed by atoms with Crippen molar-refractivity contribution in [2.24, 2.45) is 0 Å². The number of nitrogens with zero attached hydrogens (tertiary/aromatic N) is 4. The van der Waals surface area contributed by atoms with E-state index in [2.05, 4.69) is 15.3 Å². The zero-order valence-electron chi connectivity index (χ0n) is 14.3. The zero-order chi connectivity index (χ0) is 17.8. The molecule has 0 aliphatic carbocycles. The molecule has 25 heavy (non-hydrogen) atoms. The third-order valence-corrected chi connectivity index (χ3v) is 3.91. The van der Waals surface area contributed by atoms with Crippen LogP contribution in [-0.4, -0.2) is 58.9 Å². The second kappa shape index (κ2) is 7.33. The summed E-state index contributed by atoms with van der Waals surface area (Å²) < 4.78 is 5.16. The minimum absolute atomic E-state index is 0.0498. The fourth-order valence-electron chi connectivity index (χ4n) is 2.63. The van der Waals surface area contributed by atoms with Gasteiger partial charge < -0.3 is 19.5 Å². The van der Waals surface area contributed by atoms with Gasteiger partial charge in [0.2, 0.25) is 0 Å². The summed E-state index contributed by atoms with van der Waals surface area (Å²) in [5, 5.41) is 2.78. The lowest BCUT2D eigenvalue weighted by atomic mass is 10.3. The summed E-state index contributed by atoms with van der Waals surface area (Å²) in [5.74, 6) is 0.722. The highest BCUT2D eigenvalue weighted by Crippen LogP contribution is 2.14. The summed E-state index contributed by atoms with van der Waals surface area (Å²) in [6, 6.07) is 3.42. The predicted molar refractivity (Wildman–Crippen MR) is 91.5 cm³/mol.